The summed E-state index contributed by atoms with van der Waals surface area (Å²) in [5.74, 6) is -1.11. The van der Waals surface area contributed by atoms with E-state index in [9.17, 15) is 14.0 Å². The zero-order valence-corrected chi connectivity index (χ0v) is 9.42. The molecule has 0 radical (unpaired) electrons. The van der Waals surface area contributed by atoms with Gasteiger partial charge in [-0.25, -0.2) is 4.39 Å². The maximum absolute atomic E-state index is 12.9. The first-order valence-corrected chi connectivity index (χ1v) is 5.08. The molecule has 1 aromatic carbocycles. The highest BCUT2D eigenvalue weighted by Crippen LogP contribution is 2.11. The molecule has 92 valence electrons. The number of hydrogen-bond acceptors (Lipinski definition) is 3. The zero-order chi connectivity index (χ0) is 12.8. The molecule has 17 heavy (non-hydrogen) atoms. The number of hydrogen-bond donors (Lipinski definition) is 3. The molecule has 0 bridgehead atoms. The summed E-state index contributed by atoms with van der Waals surface area (Å²) in [7, 11) is 1.52. The molecule has 4 N–H and O–H groups in total. The van der Waals surface area contributed by atoms with Crippen molar-refractivity contribution in [2.45, 2.75) is 6.42 Å². The van der Waals surface area contributed by atoms with Gasteiger partial charge in [-0.3, -0.25) is 9.59 Å². The number of nitrogens with two attached hydrogens (primary N) is 1. The van der Waals surface area contributed by atoms with Crippen LogP contribution in [0.2, 0.25) is 0 Å². The molecule has 5 nitrogen and oxygen atoms in total. The highest BCUT2D eigenvalue weighted by molar-refractivity contribution is 5.95. The first-order chi connectivity index (χ1) is 8.04. The van der Waals surface area contributed by atoms with Gasteiger partial charge in [-0.1, -0.05) is 0 Å². The van der Waals surface area contributed by atoms with E-state index < -0.39 is 5.82 Å². The number of rotatable bonds is 4. The Hall–Kier alpha value is -2.11. The Balaban J connectivity index is 2.52. The van der Waals surface area contributed by atoms with Crippen LogP contribution in [0.5, 0.6) is 0 Å². The second kappa shape index (κ2) is 5.83. The van der Waals surface area contributed by atoms with Crippen LogP contribution in [0.1, 0.15) is 16.8 Å². The standard InChI is InChI=1S/C11H14FN3O2/c1-14-10(16)4-5-15-11(17)7-2-3-8(12)9(13)6-7/h2-3,6H,4-5,13H2,1H3,(H,14,16)(H,15,17). The van der Waals surface area contributed by atoms with E-state index in [-0.39, 0.29) is 36.0 Å². The summed E-state index contributed by atoms with van der Waals surface area (Å²) >= 11 is 0. The molecule has 2 amide bonds. The van der Waals surface area contributed by atoms with Gasteiger partial charge in [0.05, 0.1) is 5.69 Å². The van der Waals surface area contributed by atoms with Gasteiger partial charge in [0, 0.05) is 25.6 Å². The number of anilines is 1. The number of carbonyl (C=O) groups is 2. The van der Waals surface area contributed by atoms with Crippen LogP contribution in [0.4, 0.5) is 10.1 Å². The van der Waals surface area contributed by atoms with Gasteiger partial charge in [0.15, 0.2) is 0 Å². The summed E-state index contributed by atoms with van der Waals surface area (Å²) in [4.78, 5) is 22.5. The van der Waals surface area contributed by atoms with Crippen LogP contribution >= 0.6 is 0 Å². The van der Waals surface area contributed by atoms with Crippen molar-refractivity contribution >= 4 is 17.5 Å². The third-order valence-electron chi connectivity index (χ3n) is 2.17. The summed E-state index contributed by atoms with van der Waals surface area (Å²) in [5.41, 5.74) is 5.52. The minimum atomic E-state index is -0.563. The zero-order valence-electron chi connectivity index (χ0n) is 9.42. The number of nitrogen functional groups attached to an aromatic ring is 1. The van der Waals surface area contributed by atoms with E-state index in [0.29, 0.717) is 0 Å². The first-order valence-electron chi connectivity index (χ1n) is 5.08. The van der Waals surface area contributed by atoms with Crippen molar-refractivity contribution in [1.82, 2.24) is 10.6 Å². The summed E-state index contributed by atoms with van der Waals surface area (Å²) in [5, 5.41) is 4.97. The maximum atomic E-state index is 12.9. The Kier molecular flexibility index (Phi) is 4.45. The first kappa shape index (κ1) is 13.0. The number of carbonyl (C=O) groups excluding carboxylic acids is 2. The second-order valence-corrected chi connectivity index (χ2v) is 3.42. The predicted molar refractivity (Wildman–Crippen MR) is 61.8 cm³/mol. The van der Waals surface area contributed by atoms with Crippen LogP contribution in [0.15, 0.2) is 18.2 Å². The average Bonchev–Trinajstić information content (AvgIpc) is 2.32. The lowest BCUT2D eigenvalue weighted by molar-refractivity contribution is -0.120. The van der Waals surface area contributed by atoms with Crippen molar-refractivity contribution in [2.75, 3.05) is 19.3 Å². The molecular weight excluding hydrogens is 225 g/mol. The van der Waals surface area contributed by atoms with Gasteiger partial charge in [-0.05, 0) is 18.2 Å². The average molecular weight is 239 g/mol. The lowest BCUT2D eigenvalue weighted by Crippen LogP contribution is -2.29. The Morgan fingerprint density at radius 3 is 2.71 bits per heavy atom. The Bertz CT molecular complexity index is 435. The van der Waals surface area contributed by atoms with Crippen LogP contribution < -0.4 is 16.4 Å². The van der Waals surface area contributed by atoms with E-state index in [0.717, 1.165) is 6.07 Å². The van der Waals surface area contributed by atoms with Gasteiger partial charge in [0.25, 0.3) is 5.91 Å². The van der Waals surface area contributed by atoms with Gasteiger partial charge in [0.2, 0.25) is 5.91 Å². The molecule has 0 saturated heterocycles. The van der Waals surface area contributed by atoms with Crippen molar-refractivity contribution in [1.29, 1.82) is 0 Å². The summed E-state index contributed by atoms with van der Waals surface area (Å²) < 4.78 is 12.9. The van der Waals surface area contributed by atoms with Crippen LogP contribution in [0.25, 0.3) is 0 Å². The van der Waals surface area contributed by atoms with Gasteiger partial charge >= 0.3 is 0 Å². The molecule has 0 unspecified atom stereocenters. The third kappa shape index (κ3) is 3.75. The molecule has 0 heterocycles. The third-order valence-corrected chi connectivity index (χ3v) is 2.17. The van der Waals surface area contributed by atoms with E-state index in [1.807, 2.05) is 0 Å². The minimum absolute atomic E-state index is 0.0797. The van der Waals surface area contributed by atoms with Gasteiger partial charge in [-0.2, -0.15) is 0 Å². The van der Waals surface area contributed by atoms with Gasteiger partial charge in [-0.15, -0.1) is 0 Å². The van der Waals surface area contributed by atoms with Crippen LogP contribution in [-0.4, -0.2) is 25.4 Å². The van der Waals surface area contributed by atoms with Crippen molar-refractivity contribution in [3.8, 4) is 0 Å². The molecule has 0 saturated carbocycles. The molecule has 1 aromatic rings. The smallest absolute Gasteiger partial charge is 0.251 e. The van der Waals surface area contributed by atoms with E-state index in [1.165, 1.54) is 19.2 Å². The van der Waals surface area contributed by atoms with Crippen molar-refractivity contribution < 1.29 is 14.0 Å². The maximum Gasteiger partial charge on any atom is 0.251 e. The second-order valence-electron chi connectivity index (χ2n) is 3.42. The van der Waals surface area contributed by atoms with E-state index in [2.05, 4.69) is 10.6 Å². The Morgan fingerprint density at radius 2 is 2.12 bits per heavy atom. The van der Waals surface area contributed by atoms with Crippen molar-refractivity contribution in [2.24, 2.45) is 0 Å². The highest BCUT2D eigenvalue weighted by atomic mass is 19.1. The van der Waals surface area contributed by atoms with E-state index >= 15 is 0 Å². The van der Waals surface area contributed by atoms with Gasteiger partial charge < -0.3 is 16.4 Å². The lowest BCUT2D eigenvalue weighted by atomic mass is 10.2. The molecule has 6 heteroatoms. The minimum Gasteiger partial charge on any atom is -0.396 e. The normalized spacial score (nSPS) is 9.76. The number of halogens is 1. The Labute approximate surface area is 98.2 Å². The fourth-order valence-corrected chi connectivity index (χ4v) is 1.20. The molecular formula is C11H14FN3O2. The van der Waals surface area contributed by atoms with Crippen molar-refractivity contribution in [3.63, 3.8) is 0 Å². The number of benzene rings is 1. The number of nitrogens with one attached hydrogen (secondary N) is 2. The molecule has 0 aromatic heterocycles. The lowest BCUT2D eigenvalue weighted by Gasteiger charge is -2.05. The topological polar surface area (TPSA) is 84.2 Å². The largest absolute Gasteiger partial charge is 0.396 e. The molecule has 0 aliphatic heterocycles. The molecule has 0 aliphatic rings. The fraction of sp³-hybridized carbons (Fsp3) is 0.273. The van der Waals surface area contributed by atoms with Crippen LogP contribution in [0.3, 0.4) is 0 Å². The summed E-state index contributed by atoms with van der Waals surface area (Å²) in [6.07, 6.45) is 0.193. The van der Waals surface area contributed by atoms with Crippen LogP contribution in [0, 0.1) is 5.82 Å². The molecule has 0 aliphatic carbocycles. The monoisotopic (exact) mass is 239 g/mol. The molecule has 0 atom stereocenters. The Morgan fingerprint density at radius 1 is 1.41 bits per heavy atom. The molecule has 0 fully saturated rings. The van der Waals surface area contributed by atoms with E-state index in [1.54, 1.807) is 0 Å². The van der Waals surface area contributed by atoms with Crippen molar-refractivity contribution in [3.05, 3.63) is 29.6 Å². The quantitative estimate of drug-likeness (QED) is 0.659. The predicted octanol–water partition coefficient (Wildman–Crippen LogP) is 0.274. The SMILES string of the molecule is CNC(=O)CCNC(=O)c1ccc(F)c(N)c1. The van der Waals surface area contributed by atoms with Crippen LogP contribution in [-0.2, 0) is 4.79 Å². The summed E-state index contributed by atoms with van der Waals surface area (Å²) in [6, 6.07) is 3.72. The van der Waals surface area contributed by atoms with Gasteiger partial charge in [0.1, 0.15) is 5.82 Å². The number of amides is 2. The van der Waals surface area contributed by atoms with E-state index in [4.69, 9.17) is 5.73 Å². The fourth-order valence-electron chi connectivity index (χ4n) is 1.20. The molecule has 1 rings (SSSR count). The molecule has 0 spiro atoms. The summed E-state index contributed by atoms with van der Waals surface area (Å²) in [6.45, 7) is 0.218. The highest BCUT2D eigenvalue weighted by Gasteiger charge is 2.08.